The fourth-order valence-corrected chi connectivity index (χ4v) is 2.07. The van der Waals surface area contributed by atoms with E-state index in [4.69, 9.17) is 0 Å². The Morgan fingerprint density at radius 2 is 2.10 bits per heavy atom. The number of hydrogen-bond acceptors (Lipinski definition) is 2. The van der Waals surface area contributed by atoms with Crippen LogP contribution in [-0.2, 0) is 24.2 Å². The first-order valence-corrected chi connectivity index (χ1v) is 6.55. The largest absolute Gasteiger partial charge is 0.335 e. The minimum absolute atomic E-state index is 0.0505. The lowest BCUT2D eigenvalue weighted by Crippen LogP contribution is -2.12. The third-order valence-corrected chi connectivity index (χ3v) is 3.02. The van der Waals surface area contributed by atoms with Crippen LogP contribution in [0.5, 0.6) is 0 Å². The first kappa shape index (κ1) is 14.4. The van der Waals surface area contributed by atoms with Gasteiger partial charge >= 0.3 is 0 Å². The molecular weight excluding hydrogens is 262 g/mol. The highest BCUT2D eigenvalue weighted by Crippen LogP contribution is 2.12. The standard InChI is InChI=1S/C15H16F2N2O/c1-2-6-19-7-5-18-15(19)10-13(20)8-11-3-4-12(16)9-14(11)17/h3-5,7,9H,2,6,8,10H2,1H3. The molecule has 0 fully saturated rings. The Hall–Kier alpha value is -2.04. The molecule has 1 heterocycles. The van der Waals surface area contributed by atoms with Gasteiger partial charge in [-0.1, -0.05) is 13.0 Å². The molecule has 1 aromatic carbocycles. The van der Waals surface area contributed by atoms with Crippen molar-refractivity contribution in [3.8, 4) is 0 Å². The van der Waals surface area contributed by atoms with Crippen LogP contribution in [0.15, 0.2) is 30.6 Å². The van der Waals surface area contributed by atoms with E-state index in [1.165, 1.54) is 6.07 Å². The molecule has 106 valence electrons. The quantitative estimate of drug-likeness (QED) is 0.814. The maximum Gasteiger partial charge on any atom is 0.144 e. The summed E-state index contributed by atoms with van der Waals surface area (Å²) in [5.74, 6) is -0.786. The zero-order valence-corrected chi connectivity index (χ0v) is 11.3. The number of Topliss-reactive ketones (excluding diaryl/α,β-unsaturated/α-hetero) is 1. The van der Waals surface area contributed by atoms with E-state index in [1.54, 1.807) is 6.20 Å². The first-order chi connectivity index (χ1) is 9.60. The Bertz CT molecular complexity index is 608. The summed E-state index contributed by atoms with van der Waals surface area (Å²) in [5, 5.41) is 0. The van der Waals surface area contributed by atoms with Crippen molar-refractivity contribution in [2.45, 2.75) is 32.7 Å². The summed E-state index contributed by atoms with van der Waals surface area (Å²) in [6.07, 6.45) is 4.53. The van der Waals surface area contributed by atoms with Crippen LogP contribution < -0.4 is 0 Å². The molecule has 0 aliphatic carbocycles. The van der Waals surface area contributed by atoms with Gasteiger partial charge in [-0.3, -0.25) is 4.79 Å². The second-order valence-electron chi connectivity index (χ2n) is 4.66. The van der Waals surface area contributed by atoms with E-state index in [9.17, 15) is 13.6 Å². The molecule has 0 unspecified atom stereocenters. The first-order valence-electron chi connectivity index (χ1n) is 6.55. The molecular formula is C15H16F2N2O. The van der Waals surface area contributed by atoms with Crippen molar-refractivity contribution in [2.75, 3.05) is 0 Å². The van der Waals surface area contributed by atoms with Gasteiger partial charge in [0.05, 0.1) is 6.42 Å². The van der Waals surface area contributed by atoms with E-state index in [2.05, 4.69) is 4.98 Å². The summed E-state index contributed by atoms with van der Waals surface area (Å²) in [6, 6.07) is 3.26. The van der Waals surface area contributed by atoms with Crippen molar-refractivity contribution in [1.82, 2.24) is 9.55 Å². The molecule has 2 rings (SSSR count). The van der Waals surface area contributed by atoms with Gasteiger partial charge in [0.15, 0.2) is 0 Å². The second kappa shape index (κ2) is 6.41. The number of aryl methyl sites for hydroxylation is 1. The fraction of sp³-hybridized carbons (Fsp3) is 0.333. The van der Waals surface area contributed by atoms with E-state index < -0.39 is 11.6 Å². The number of imidazole rings is 1. The minimum Gasteiger partial charge on any atom is -0.335 e. The highest BCUT2D eigenvalue weighted by molar-refractivity contribution is 5.82. The molecule has 0 saturated heterocycles. The number of ketones is 1. The van der Waals surface area contributed by atoms with Gasteiger partial charge in [0.1, 0.15) is 23.2 Å². The third kappa shape index (κ3) is 3.50. The summed E-state index contributed by atoms with van der Waals surface area (Å²) >= 11 is 0. The fourth-order valence-electron chi connectivity index (χ4n) is 2.07. The van der Waals surface area contributed by atoms with E-state index in [1.807, 2.05) is 17.7 Å². The molecule has 1 aromatic heterocycles. The monoisotopic (exact) mass is 278 g/mol. The lowest BCUT2D eigenvalue weighted by atomic mass is 10.1. The molecule has 0 spiro atoms. The highest BCUT2D eigenvalue weighted by Gasteiger charge is 2.12. The van der Waals surface area contributed by atoms with E-state index in [0.717, 1.165) is 25.1 Å². The van der Waals surface area contributed by atoms with Crippen LogP contribution in [0.3, 0.4) is 0 Å². The van der Waals surface area contributed by atoms with E-state index in [0.29, 0.717) is 5.82 Å². The summed E-state index contributed by atoms with van der Waals surface area (Å²) in [4.78, 5) is 16.1. The molecule has 20 heavy (non-hydrogen) atoms. The van der Waals surface area contributed by atoms with Gasteiger partial charge in [0.2, 0.25) is 0 Å². The van der Waals surface area contributed by atoms with E-state index >= 15 is 0 Å². The van der Waals surface area contributed by atoms with Crippen LogP contribution >= 0.6 is 0 Å². The van der Waals surface area contributed by atoms with Gasteiger partial charge in [-0.05, 0) is 18.1 Å². The van der Waals surface area contributed by atoms with Crippen LogP contribution in [0.2, 0.25) is 0 Å². The molecule has 0 N–H and O–H groups in total. The summed E-state index contributed by atoms with van der Waals surface area (Å²) in [7, 11) is 0. The van der Waals surface area contributed by atoms with Crippen molar-refractivity contribution in [3.63, 3.8) is 0 Å². The topological polar surface area (TPSA) is 34.9 Å². The zero-order valence-electron chi connectivity index (χ0n) is 11.3. The maximum atomic E-state index is 13.5. The Morgan fingerprint density at radius 3 is 2.80 bits per heavy atom. The molecule has 5 heteroatoms. The Balaban J connectivity index is 2.03. The lowest BCUT2D eigenvalue weighted by molar-refractivity contribution is -0.118. The lowest BCUT2D eigenvalue weighted by Gasteiger charge is -2.06. The van der Waals surface area contributed by atoms with Crippen LogP contribution in [0.4, 0.5) is 8.78 Å². The minimum atomic E-state index is -0.685. The van der Waals surface area contributed by atoms with Crippen LogP contribution in [-0.4, -0.2) is 15.3 Å². The van der Waals surface area contributed by atoms with Crippen molar-refractivity contribution < 1.29 is 13.6 Å². The van der Waals surface area contributed by atoms with Crippen LogP contribution in [0, 0.1) is 11.6 Å². The zero-order chi connectivity index (χ0) is 14.5. The average molecular weight is 278 g/mol. The number of carbonyl (C=O) groups is 1. The summed E-state index contributed by atoms with van der Waals surface area (Å²) in [5.41, 5.74) is 0.213. The molecule has 0 atom stereocenters. The molecule has 2 aromatic rings. The number of nitrogens with zero attached hydrogens (tertiary/aromatic N) is 2. The number of halogens is 2. The average Bonchev–Trinajstić information content (AvgIpc) is 2.81. The van der Waals surface area contributed by atoms with E-state index in [-0.39, 0.29) is 24.2 Å². The highest BCUT2D eigenvalue weighted by atomic mass is 19.1. The number of benzene rings is 1. The predicted molar refractivity (Wildman–Crippen MR) is 71.3 cm³/mol. The summed E-state index contributed by atoms with van der Waals surface area (Å²) in [6.45, 7) is 2.84. The molecule has 0 radical (unpaired) electrons. The normalized spacial score (nSPS) is 10.8. The SMILES string of the molecule is CCCn1ccnc1CC(=O)Cc1ccc(F)cc1F. The van der Waals surface area contributed by atoms with Gasteiger partial charge in [-0.15, -0.1) is 0 Å². The van der Waals surface area contributed by atoms with Crippen molar-refractivity contribution in [2.24, 2.45) is 0 Å². The molecule has 0 aliphatic rings. The van der Waals surface area contributed by atoms with Gasteiger partial charge in [-0.25, -0.2) is 13.8 Å². The third-order valence-electron chi connectivity index (χ3n) is 3.02. The second-order valence-corrected chi connectivity index (χ2v) is 4.66. The van der Waals surface area contributed by atoms with Gasteiger partial charge in [-0.2, -0.15) is 0 Å². The number of carbonyl (C=O) groups excluding carboxylic acids is 1. The number of rotatable bonds is 6. The molecule has 0 saturated carbocycles. The Kier molecular flexibility index (Phi) is 4.61. The van der Waals surface area contributed by atoms with Crippen molar-refractivity contribution in [3.05, 3.63) is 53.6 Å². The smallest absolute Gasteiger partial charge is 0.144 e. The summed E-state index contributed by atoms with van der Waals surface area (Å²) < 4.78 is 28.2. The van der Waals surface area contributed by atoms with Crippen molar-refractivity contribution in [1.29, 1.82) is 0 Å². The Morgan fingerprint density at radius 1 is 1.30 bits per heavy atom. The van der Waals surface area contributed by atoms with Gasteiger partial charge in [0, 0.05) is 31.4 Å². The maximum absolute atomic E-state index is 13.5. The van der Waals surface area contributed by atoms with Crippen LogP contribution in [0.1, 0.15) is 24.7 Å². The number of aromatic nitrogens is 2. The predicted octanol–water partition coefficient (Wildman–Crippen LogP) is 2.93. The molecule has 0 aliphatic heterocycles. The van der Waals surface area contributed by atoms with Crippen LogP contribution in [0.25, 0.3) is 0 Å². The molecule has 0 bridgehead atoms. The molecule has 0 amide bonds. The van der Waals surface area contributed by atoms with Crippen molar-refractivity contribution >= 4 is 5.78 Å². The van der Waals surface area contributed by atoms with Gasteiger partial charge < -0.3 is 4.57 Å². The Labute approximate surface area is 116 Å². The van der Waals surface area contributed by atoms with Gasteiger partial charge in [0.25, 0.3) is 0 Å². The number of hydrogen-bond donors (Lipinski definition) is 0. The molecule has 3 nitrogen and oxygen atoms in total.